The van der Waals surface area contributed by atoms with Crippen LogP contribution in [0.15, 0.2) is 18.2 Å². The van der Waals surface area contributed by atoms with E-state index < -0.39 is 11.6 Å². The van der Waals surface area contributed by atoms with E-state index in [1.54, 1.807) is 6.07 Å². The molecular formula is C13H19ClF2N2. The zero-order valence-electron chi connectivity index (χ0n) is 10.5. The Hall–Kier alpha value is -0.710. The zero-order chi connectivity index (χ0) is 12.3. The smallest absolute Gasteiger partial charge is 0.130 e. The van der Waals surface area contributed by atoms with Crippen LogP contribution in [0.25, 0.3) is 0 Å². The molecule has 1 fully saturated rings. The summed E-state index contributed by atoms with van der Waals surface area (Å²) < 4.78 is 26.7. The van der Waals surface area contributed by atoms with Gasteiger partial charge in [-0.2, -0.15) is 0 Å². The number of nitrogens with one attached hydrogen (secondary N) is 1. The quantitative estimate of drug-likeness (QED) is 0.913. The van der Waals surface area contributed by atoms with Gasteiger partial charge in [0.1, 0.15) is 11.6 Å². The van der Waals surface area contributed by atoms with Gasteiger partial charge in [-0.15, -0.1) is 12.4 Å². The van der Waals surface area contributed by atoms with Crippen LogP contribution in [0.1, 0.15) is 24.9 Å². The summed E-state index contributed by atoms with van der Waals surface area (Å²) in [5.41, 5.74) is 0.607. The molecular weight excluding hydrogens is 258 g/mol. The van der Waals surface area contributed by atoms with Crippen LogP contribution in [-0.2, 0) is 0 Å². The third kappa shape index (κ3) is 3.40. The van der Waals surface area contributed by atoms with Crippen molar-refractivity contribution >= 4 is 12.4 Å². The molecule has 5 heteroatoms. The van der Waals surface area contributed by atoms with E-state index in [0.29, 0.717) is 5.56 Å². The van der Waals surface area contributed by atoms with Gasteiger partial charge in [-0.3, -0.25) is 4.90 Å². The number of hydrogen-bond acceptors (Lipinski definition) is 2. The van der Waals surface area contributed by atoms with Crippen molar-refractivity contribution in [1.29, 1.82) is 0 Å². The molecule has 0 bridgehead atoms. The Morgan fingerprint density at radius 3 is 2.50 bits per heavy atom. The van der Waals surface area contributed by atoms with E-state index in [1.807, 2.05) is 6.92 Å². The van der Waals surface area contributed by atoms with Gasteiger partial charge in [0.25, 0.3) is 0 Å². The van der Waals surface area contributed by atoms with Crippen LogP contribution in [-0.4, -0.2) is 31.1 Å². The number of hydrogen-bond donors (Lipinski definition) is 1. The molecule has 1 N–H and O–H groups in total. The molecule has 0 radical (unpaired) electrons. The first-order valence-corrected chi connectivity index (χ1v) is 6.12. The Bertz CT molecular complexity index is 381. The van der Waals surface area contributed by atoms with Crippen molar-refractivity contribution in [3.63, 3.8) is 0 Å². The molecule has 1 aliphatic heterocycles. The van der Waals surface area contributed by atoms with E-state index in [9.17, 15) is 8.78 Å². The predicted octanol–water partition coefficient (Wildman–Crippen LogP) is 2.74. The molecule has 1 aromatic carbocycles. The zero-order valence-corrected chi connectivity index (χ0v) is 11.3. The van der Waals surface area contributed by atoms with Gasteiger partial charge in [-0.05, 0) is 12.5 Å². The first-order valence-electron chi connectivity index (χ1n) is 6.12. The molecule has 2 rings (SSSR count). The summed E-state index contributed by atoms with van der Waals surface area (Å²) in [5.74, 6) is -0.947. The average molecular weight is 277 g/mol. The molecule has 1 heterocycles. The fourth-order valence-corrected chi connectivity index (χ4v) is 2.44. The molecule has 0 aromatic heterocycles. The van der Waals surface area contributed by atoms with E-state index in [0.717, 1.165) is 38.7 Å². The molecule has 1 aromatic rings. The predicted molar refractivity (Wildman–Crippen MR) is 71.1 cm³/mol. The number of piperazine rings is 1. The van der Waals surface area contributed by atoms with E-state index in [1.165, 1.54) is 6.07 Å². The number of nitrogens with zero attached hydrogens (tertiary/aromatic N) is 1. The van der Waals surface area contributed by atoms with Crippen molar-refractivity contribution in [3.05, 3.63) is 35.4 Å². The minimum absolute atomic E-state index is 0. The Morgan fingerprint density at radius 2 is 1.94 bits per heavy atom. The highest BCUT2D eigenvalue weighted by Gasteiger charge is 2.23. The number of rotatable bonds is 3. The van der Waals surface area contributed by atoms with Crippen LogP contribution < -0.4 is 5.32 Å². The molecule has 18 heavy (non-hydrogen) atoms. The Balaban J connectivity index is 0.00000162. The van der Waals surface area contributed by atoms with E-state index >= 15 is 0 Å². The highest BCUT2D eigenvalue weighted by atomic mass is 35.5. The summed E-state index contributed by atoms with van der Waals surface area (Å²) in [6.45, 7) is 5.72. The van der Waals surface area contributed by atoms with Gasteiger partial charge in [-0.25, -0.2) is 8.78 Å². The van der Waals surface area contributed by atoms with Crippen LogP contribution in [0.2, 0.25) is 0 Å². The van der Waals surface area contributed by atoms with Crippen molar-refractivity contribution in [2.45, 2.75) is 19.4 Å². The van der Waals surface area contributed by atoms with Gasteiger partial charge < -0.3 is 5.32 Å². The second-order valence-corrected chi connectivity index (χ2v) is 4.38. The fraction of sp³-hybridized carbons (Fsp3) is 0.538. The van der Waals surface area contributed by atoms with Crippen molar-refractivity contribution in [1.82, 2.24) is 10.2 Å². The van der Waals surface area contributed by atoms with Gasteiger partial charge in [0.2, 0.25) is 0 Å². The third-order valence-corrected chi connectivity index (χ3v) is 3.30. The van der Waals surface area contributed by atoms with Crippen LogP contribution in [0.4, 0.5) is 8.78 Å². The second kappa shape index (κ2) is 7.02. The molecule has 0 amide bonds. The van der Waals surface area contributed by atoms with Crippen molar-refractivity contribution in [2.75, 3.05) is 26.2 Å². The van der Waals surface area contributed by atoms with Crippen LogP contribution in [0.3, 0.4) is 0 Å². The Labute approximate surface area is 113 Å². The third-order valence-electron chi connectivity index (χ3n) is 3.30. The van der Waals surface area contributed by atoms with Crippen LogP contribution in [0.5, 0.6) is 0 Å². The Morgan fingerprint density at radius 1 is 1.28 bits per heavy atom. The minimum Gasteiger partial charge on any atom is -0.314 e. The van der Waals surface area contributed by atoms with E-state index in [2.05, 4.69) is 10.2 Å². The topological polar surface area (TPSA) is 15.3 Å². The summed E-state index contributed by atoms with van der Waals surface area (Å²) in [7, 11) is 0. The van der Waals surface area contributed by atoms with Gasteiger partial charge in [-0.1, -0.05) is 13.0 Å². The average Bonchev–Trinajstić information content (AvgIpc) is 2.34. The molecule has 0 spiro atoms. The normalized spacial score (nSPS) is 18.2. The number of halogens is 3. The standard InChI is InChI=1S/C13H18F2N2.ClH/c1-2-13(17-7-5-16-6-8-17)11-4-3-10(14)9-12(11)15;/h3-4,9,13,16H,2,5-8H2,1H3;1H/t13-;/m0./s1. The first kappa shape index (κ1) is 15.3. The molecule has 102 valence electrons. The van der Waals surface area contributed by atoms with E-state index in [-0.39, 0.29) is 18.4 Å². The van der Waals surface area contributed by atoms with Gasteiger partial charge in [0, 0.05) is 43.9 Å². The molecule has 0 unspecified atom stereocenters. The monoisotopic (exact) mass is 276 g/mol. The van der Waals surface area contributed by atoms with Gasteiger partial charge >= 0.3 is 0 Å². The van der Waals surface area contributed by atoms with Crippen molar-refractivity contribution in [2.24, 2.45) is 0 Å². The molecule has 0 aliphatic carbocycles. The summed E-state index contributed by atoms with van der Waals surface area (Å²) in [5, 5.41) is 3.27. The molecule has 1 aliphatic rings. The van der Waals surface area contributed by atoms with Crippen LogP contribution in [0, 0.1) is 11.6 Å². The maximum atomic E-state index is 13.8. The first-order chi connectivity index (χ1) is 8.22. The summed E-state index contributed by atoms with van der Waals surface area (Å²) in [6.07, 6.45) is 0.836. The fourth-order valence-electron chi connectivity index (χ4n) is 2.44. The minimum atomic E-state index is -0.513. The summed E-state index contributed by atoms with van der Waals surface area (Å²) in [6, 6.07) is 3.93. The molecule has 0 saturated carbocycles. The van der Waals surface area contributed by atoms with Gasteiger partial charge in [0.15, 0.2) is 0 Å². The maximum absolute atomic E-state index is 13.8. The van der Waals surface area contributed by atoms with Gasteiger partial charge in [0.05, 0.1) is 0 Å². The Kier molecular flexibility index (Phi) is 5.99. The highest BCUT2D eigenvalue weighted by molar-refractivity contribution is 5.85. The van der Waals surface area contributed by atoms with E-state index in [4.69, 9.17) is 0 Å². The lowest BCUT2D eigenvalue weighted by molar-refractivity contribution is 0.166. The second-order valence-electron chi connectivity index (χ2n) is 4.38. The molecule has 2 nitrogen and oxygen atoms in total. The lowest BCUT2D eigenvalue weighted by atomic mass is 10.0. The molecule has 1 atom stereocenters. The van der Waals surface area contributed by atoms with Crippen LogP contribution >= 0.6 is 12.4 Å². The lowest BCUT2D eigenvalue weighted by Crippen LogP contribution is -2.45. The summed E-state index contributed by atoms with van der Waals surface area (Å²) >= 11 is 0. The number of benzene rings is 1. The van der Waals surface area contributed by atoms with Crippen molar-refractivity contribution in [3.8, 4) is 0 Å². The maximum Gasteiger partial charge on any atom is 0.130 e. The summed E-state index contributed by atoms with van der Waals surface area (Å²) in [4.78, 5) is 2.26. The highest BCUT2D eigenvalue weighted by Crippen LogP contribution is 2.27. The largest absolute Gasteiger partial charge is 0.314 e. The lowest BCUT2D eigenvalue weighted by Gasteiger charge is -2.34. The SMILES string of the molecule is CC[C@@H](c1ccc(F)cc1F)N1CCNCC1.Cl. The molecule has 1 saturated heterocycles. The van der Waals surface area contributed by atoms with Crippen molar-refractivity contribution < 1.29 is 8.78 Å².